The Hall–Kier alpha value is -1.75. The van der Waals surface area contributed by atoms with Crippen LogP contribution in [0, 0.1) is 11.8 Å². The standard InChI is InChI=1S/C16H23NO4/c1-17-8-7-12(10-17)15(16(18)20-3)11-21-14-6-4-5-13(9-14)19-2/h4-6,9,12,15H,7-8,10-11H2,1-3H3. The van der Waals surface area contributed by atoms with E-state index >= 15 is 0 Å². The number of carbonyl (C=O) groups excluding carboxylic acids is 1. The van der Waals surface area contributed by atoms with E-state index in [-0.39, 0.29) is 17.8 Å². The van der Waals surface area contributed by atoms with E-state index in [9.17, 15) is 4.79 Å². The molecule has 1 saturated heterocycles. The van der Waals surface area contributed by atoms with Crippen LogP contribution in [0.15, 0.2) is 24.3 Å². The topological polar surface area (TPSA) is 48.0 Å². The minimum atomic E-state index is -0.230. The highest BCUT2D eigenvalue weighted by molar-refractivity contribution is 5.73. The summed E-state index contributed by atoms with van der Waals surface area (Å²) in [7, 11) is 5.11. The first-order chi connectivity index (χ1) is 10.1. The Morgan fingerprint density at radius 2 is 2.14 bits per heavy atom. The number of ether oxygens (including phenoxy) is 3. The quantitative estimate of drug-likeness (QED) is 0.749. The molecule has 2 unspecified atom stereocenters. The van der Waals surface area contributed by atoms with Gasteiger partial charge in [0.25, 0.3) is 0 Å². The normalized spacial score (nSPS) is 20.0. The maximum Gasteiger partial charge on any atom is 0.312 e. The average Bonchev–Trinajstić information content (AvgIpc) is 2.93. The Morgan fingerprint density at radius 1 is 1.38 bits per heavy atom. The SMILES string of the molecule is COC(=O)C(COc1cccc(OC)c1)C1CCN(C)C1. The second-order valence-electron chi connectivity index (χ2n) is 5.43. The van der Waals surface area contributed by atoms with Crippen molar-refractivity contribution in [2.45, 2.75) is 6.42 Å². The van der Waals surface area contributed by atoms with E-state index in [4.69, 9.17) is 14.2 Å². The van der Waals surface area contributed by atoms with Crippen molar-refractivity contribution in [3.63, 3.8) is 0 Å². The fourth-order valence-electron chi connectivity index (χ4n) is 2.72. The largest absolute Gasteiger partial charge is 0.497 e. The van der Waals surface area contributed by atoms with Crippen LogP contribution in [0.5, 0.6) is 11.5 Å². The van der Waals surface area contributed by atoms with Gasteiger partial charge >= 0.3 is 5.97 Å². The number of carbonyl (C=O) groups is 1. The Labute approximate surface area is 125 Å². The molecule has 1 heterocycles. The van der Waals surface area contributed by atoms with Gasteiger partial charge in [-0.15, -0.1) is 0 Å². The molecule has 2 atom stereocenters. The van der Waals surface area contributed by atoms with Crippen molar-refractivity contribution < 1.29 is 19.0 Å². The highest BCUT2D eigenvalue weighted by Gasteiger charge is 2.34. The smallest absolute Gasteiger partial charge is 0.312 e. The van der Waals surface area contributed by atoms with Gasteiger partial charge in [-0.3, -0.25) is 4.79 Å². The number of nitrogens with zero attached hydrogens (tertiary/aromatic N) is 1. The van der Waals surface area contributed by atoms with Crippen molar-refractivity contribution >= 4 is 5.97 Å². The van der Waals surface area contributed by atoms with Crippen molar-refractivity contribution in [2.24, 2.45) is 11.8 Å². The molecule has 0 aliphatic carbocycles. The molecule has 1 aliphatic heterocycles. The predicted molar refractivity (Wildman–Crippen MR) is 79.6 cm³/mol. The summed E-state index contributed by atoms with van der Waals surface area (Å²) in [6.07, 6.45) is 0.998. The van der Waals surface area contributed by atoms with Crippen LogP contribution >= 0.6 is 0 Å². The van der Waals surface area contributed by atoms with Gasteiger partial charge in [-0.25, -0.2) is 0 Å². The van der Waals surface area contributed by atoms with E-state index in [1.807, 2.05) is 24.3 Å². The fourth-order valence-corrected chi connectivity index (χ4v) is 2.72. The summed E-state index contributed by atoms with van der Waals surface area (Å²) in [6.45, 7) is 2.25. The maximum absolute atomic E-state index is 12.0. The van der Waals surface area contributed by atoms with Crippen molar-refractivity contribution in [1.29, 1.82) is 0 Å². The monoisotopic (exact) mass is 293 g/mol. The molecule has 116 valence electrons. The summed E-state index contributed by atoms with van der Waals surface area (Å²) in [5.41, 5.74) is 0. The van der Waals surface area contributed by atoms with Crippen molar-refractivity contribution in [2.75, 3.05) is 41.0 Å². The van der Waals surface area contributed by atoms with Gasteiger partial charge in [-0.1, -0.05) is 6.07 Å². The predicted octanol–water partition coefficient (Wildman–Crippen LogP) is 1.81. The van der Waals surface area contributed by atoms with Gasteiger partial charge in [0.2, 0.25) is 0 Å². The summed E-state index contributed by atoms with van der Waals surface area (Å²) in [5, 5.41) is 0. The zero-order valence-electron chi connectivity index (χ0n) is 12.9. The Kier molecular flexibility index (Phi) is 5.44. The third kappa shape index (κ3) is 4.11. The number of hydrogen-bond donors (Lipinski definition) is 0. The molecule has 0 radical (unpaired) electrons. The first-order valence-electron chi connectivity index (χ1n) is 7.17. The zero-order chi connectivity index (χ0) is 15.2. The van der Waals surface area contributed by atoms with Crippen LogP contribution in [0.1, 0.15) is 6.42 Å². The first-order valence-corrected chi connectivity index (χ1v) is 7.17. The van der Waals surface area contributed by atoms with Gasteiger partial charge in [0, 0.05) is 12.6 Å². The van der Waals surface area contributed by atoms with Gasteiger partial charge in [0.05, 0.1) is 20.1 Å². The molecule has 2 rings (SSSR count). The molecule has 1 aromatic rings. The average molecular weight is 293 g/mol. The third-order valence-corrected chi connectivity index (χ3v) is 3.97. The molecular weight excluding hydrogens is 270 g/mol. The highest BCUT2D eigenvalue weighted by Crippen LogP contribution is 2.26. The molecule has 21 heavy (non-hydrogen) atoms. The van der Waals surface area contributed by atoms with E-state index in [0.29, 0.717) is 12.4 Å². The summed E-state index contributed by atoms with van der Waals surface area (Å²) in [5.74, 6) is 1.30. The van der Waals surface area contributed by atoms with Gasteiger partial charge in [-0.05, 0) is 38.1 Å². The Bertz CT molecular complexity index is 477. The van der Waals surface area contributed by atoms with Crippen LogP contribution in [-0.2, 0) is 9.53 Å². The van der Waals surface area contributed by atoms with E-state index in [1.54, 1.807) is 7.11 Å². The molecule has 0 saturated carbocycles. The summed E-state index contributed by atoms with van der Waals surface area (Å²) >= 11 is 0. The number of benzene rings is 1. The lowest BCUT2D eigenvalue weighted by Gasteiger charge is -2.21. The molecule has 1 fully saturated rings. The highest BCUT2D eigenvalue weighted by atomic mass is 16.5. The second kappa shape index (κ2) is 7.31. The van der Waals surface area contributed by atoms with Gasteiger partial charge in [-0.2, -0.15) is 0 Å². The molecule has 0 amide bonds. The molecule has 5 heteroatoms. The molecule has 0 N–H and O–H groups in total. The lowest BCUT2D eigenvalue weighted by molar-refractivity contribution is -0.148. The summed E-state index contributed by atoms with van der Waals surface area (Å²) < 4.78 is 15.9. The van der Waals surface area contributed by atoms with Crippen LogP contribution in [-0.4, -0.2) is 51.8 Å². The molecule has 1 aromatic carbocycles. The molecule has 0 aromatic heterocycles. The van der Waals surface area contributed by atoms with E-state index in [0.717, 1.165) is 25.3 Å². The Morgan fingerprint density at radius 3 is 2.76 bits per heavy atom. The minimum absolute atomic E-state index is 0.196. The van der Waals surface area contributed by atoms with Crippen LogP contribution in [0.3, 0.4) is 0 Å². The van der Waals surface area contributed by atoms with Gasteiger partial charge < -0.3 is 19.1 Å². The van der Waals surface area contributed by atoms with Crippen LogP contribution in [0.4, 0.5) is 0 Å². The van der Waals surface area contributed by atoms with Gasteiger partial charge in [0.15, 0.2) is 0 Å². The molecule has 0 spiro atoms. The lowest BCUT2D eigenvalue weighted by atomic mass is 9.92. The van der Waals surface area contributed by atoms with E-state index in [2.05, 4.69) is 11.9 Å². The third-order valence-electron chi connectivity index (χ3n) is 3.97. The number of methoxy groups -OCH3 is 2. The van der Waals surface area contributed by atoms with Crippen molar-refractivity contribution in [3.05, 3.63) is 24.3 Å². The van der Waals surface area contributed by atoms with Gasteiger partial charge in [0.1, 0.15) is 18.1 Å². The van der Waals surface area contributed by atoms with Crippen LogP contribution < -0.4 is 9.47 Å². The number of hydrogen-bond acceptors (Lipinski definition) is 5. The second-order valence-corrected chi connectivity index (χ2v) is 5.43. The minimum Gasteiger partial charge on any atom is -0.497 e. The Balaban J connectivity index is 1.99. The number of rotatable bonds is 6. The maximum atomic E-state index is 12.0. The summed E-state index contributed by atoms with van der Waals surface area (Å²) in [6, 6.07) is 7.40. The van der Waals surface area contributed by atoms with E-state index in [1.165, 1.54) is 7.11 Å². The van der Waals surface area contributed by atoms with Crippen molar-refractivity contribution in [1.82, 2.24) is 4.90 Å². The van der Waals surface area contributed by atoms with Crippen LogP contribution in [0.25, 0.3) is 0 Å². The van der Waals surface area contributed by atoms with Crippen molar-refractivity contribution in [3.8, 4) is 11.5 Å². The number of esters is 1. The molecule has 0 bridgehead atoms. The summed E-state index contributed by atoms with van der Waals surface area (Å²) in [4.78, 5) is 14.2. The fraction of sp³-hybridized carbons (Fsp3) is 0.562. The van der Waals surface area contributed by atoms with Crippen LogP contribution in [0.2, 0.25) is 0 Å². The molecule has 5 nitrogen and oxygen atoms in total. The molecule has 1 aliphatic rings. The van der Waals surface area contributed by atoms with E-state index < -0.39 is 0 Å². The zero-order valence-corrected chi connectivity index (χ0v) is 12.9. The molecular formula is C16H23NO4. The lowest BCUT2D eigenvalue weighted by Crippen LogP contribution is -2.32. The number of likely N-dealkylation sites (tertiary alicyclic amines) is 1. The first kappa shape index (κ1) is 15.6.